The highest BCUT2D eigenvalue weighted by molar-refractivity contribution is 5.45. The monoisotopic (exact) mass is 161 g/mol. The molecule has 1 N–H and O–H groups in total. The van der Waals surface area contributed by atoms with Gasteiger partial charge in [-0.2, -0.15) is 0 Å². The summed E-state index contributed by atoms with van der Waals surface area (Å²) in [4.78, 5) is 0. The van der Waals surface area contributed by atoms with E-state index in [0.29, 0.717) is 0 Å². The average Bonchev–Trinajstić information content (AvgIpc) is 2.62. The van der Waals surface area contributed by atoms with E-state index in [1.807, 2.05) is 0 Å². The molecule has 0 saturated carbocycles. The summed E-state index contributed by atoms with van der Waals surface area (Å²) in [6.45, 7) is 3.23. The molecule has 1 aliphatic carbocycles. The molecule has 0 aromatic heterocycles. The van der Waals surface area contributed by atoms with Gasteiger partial charge >= 0.3 is 0 Å². The maximum absolute atomic E-state index is 3.43. The number of nitrogens with one attached hydrogen (secondary N) is 1. The highest BCUT2D eigenvalue weighted by Crippen LogP contribution is 2.32. The smallest absolute Gasteiger partial charge is 0.0185 e. The lowest BCUT2D eigenvalue weighted by molar-refractivity contribution is 0.846. The fourth-order valence-corrected chi connectivity index (χ4v) is 1.95. The predicted octanol–water partition coefficient (Wildman–Crippen LogP) is 2.53. The Balaban J connectivity index is 2.08. The van der Waals surface area contributed by atoms with Crippen molar-refractivity contribution in [3.05, 3.63) is 35.1 Å². The second-order valence-electron chi connectivity index (χ2n) is 3.34. The molecule has 0 amide bonds. The molecule has 64 valence electrons. The van der Waals surface area contributed by atoms with Gasteiger partial charge in [0.2, 0.25) is 0 Å². The lowest BCUT2D eigenvalue weighted by Gasteiger charge is -2.00. The van der Waals surface area contributed by atoms with Crippen molar-refractivity contribution in [3.63, 3.8) is 0 Å². The normalized spacial score (nSPS) is 21.6. The van der Waals surface area contributed by atoms with Gasteiger partial charge in [0.15, 0.2) is 0 Å². The van der Waals surface area contributed by atoms with Crippen molar-refractivity contribution in [1.82, 2.24) is 5.32 Å². The van der Waals surface area contributed by atoms with Crippen molar-refractivity contribution in [1.29, 1.82) is 0 Å². The Morgan fingerprint density at radius 1 is 1.58 bits per heavy atom. The lowest BCUT2D eigenvalue weighted by atomic mass is 10.0. The number of allylic oxidation sites excluding steroid dienone is 4. The number of hydrogen-bond acceptors (Lipinski definition) is 1. The van der Waals surface area contributed by atoms with Gasteiger partial charge in [-0.05, 0) is 30.9 Å². The zero-order chi connectivity index (χ0) is 8.39. The molecule has 0 aromatic rings. The van der Waals surface area contributed by atoms with Crippen LogP contribution in [0, 0.1) is 0 Å². The molecule has 1 aliphatic heterocycles. The summed E-state index contributed by atoms with van der Waals surface area (Å²) in [7, 11) is 0. The van der Waals surface area contributed by atoms with Gasteiger partial charge < -0.3 is 5.32 Å². The van der Waals surface area contributed by atoms with Crippen LogP contribution in [0.4, 0.5) is 0 Å². The lowest BCUT2D eigenvalue weighted by Crippen LogP contribution is -2.05. The summed E-state index contributed by atoms with van der Waals surface area (Å²) in [6.07, 6.45) is 10.2. The van der Waals surface area contributed by atoms with E-state index in [9.17, 15) is 0 Å². The molecule has 1 heterocycles. The minimum atomic E-state index is 1.12. The standard InChI is InChI=1S/C11H15N/c1-2-3-4-9-5-6-11-10(9)7-8-12-11/h2-3,5,12H,4,6-8H2,1H3/b3-2-. The molecule has 1 nitrogen and oxygen atoms in total. The second-order valence-corrected chi connectivity index (χ2v) is 3.34. The van der Waals surface area contributed by atoms with Gasteiger partial charge in [0, 0.05) is 18.7 Å². The van der Waals surface area contributed by atoms with Crippen molar-refractivity contribution < 1.29 is 0 Å². The third kappa shape index (κ3) is 1.20. The SMILES string of the molecule is C/C=C\CC1=CCC2=C1CCN2. The van der Waals surface area contributed by atoms with Gasteiger partial charge in [0.1, 0.15) is 0 Å². The molecule has 0 fully saturated rings. The molecular weight excluding hydrogens is 146 g/mol. The third-order valence-corrected chi connectivity index (χ3v) is 2.59. The van der Waals surface area contributed by atoms with Gasteiger partial charge in [-0.3, -0.25) is 0 Å². The van der Waals surface area contributed by atoms with Crippen LogP contribution in [0.3, 0.4) is 0 Å². The Hall–Kier alpha value is -0.980. The molecule has 0 aromatic carbocycles. The number of hydrogen-bond donors (Lipinski definition) is 1. The maximum Gasteiger partial charge on any atom is 0.0185 e. The van der Waals surface area contributed by atoms with E-state index in [1.54, 1.807) is 11.1 Å². The number of rotatable bonds is 2. The van der Waals surface area contributed by atoms with Crippen LogP contribution in [0.2, 0.25) is 0 Å². The summed E-state index contributed by atoms with van der Waals surface area (Å²) < 4.78 is 0. The van der Waals surface area contributed by atoms with Crippen LogP contribution in [-0.4, -0.2) is 6.54 Å². The van der Waals surface area contributed by atoms with Crippen LogP contribution >= 0.6 is 0 Å². The Labute approximate surface area is 73.9 Å². The Kier molecular flexibility index (Phi) is 2.03. The molecule has 2 rings (SSSR count). The van der Waals surface area contributed by atoms with Crippen LogP contribution in [-0.2, 0) is 0 Å². The fourth-order valence-electron chi connectivity index (χ4n) is 1.95. The molecule has 0 bridgehead atoms. The van der Waals surface area contributed by atoms with Crippen molar-refractivity contribution >= 4 is 0 Å². The van der Waals surface area contributed by atoms with E-state index in [4.69, 9.17) is 0 Å². The highest BCUT2D eigenvalue weighted by atomic mass is 14.9. The fraction of sp³-hybridized carbons (Fsp3) is 0.455. The Morgan fingerprint density at radius 3 is 3.33 bits per heavy atom. The minimum Gasteiger partial charge on any atom is -0.388 e. The molecule has 2 aliphatic rings. The van der Waals surface area contributed by atoms with E-state index in [0.717, 1.165) is 19.4 Å². The van der Waals surface area contributed by atoms with Crippen molar-refractivity contribution in [2.24, 2.45) is 0 Å². The van der Waals surface area contributed by atoms with Crippen LogP contribution in [0.15, 0.2) is 35.1 Å². The molecule has 0 unspecified atom stereocenters. The molecule has 0 atom stereocenters. The summed E-state index contributed by atoms with van der Waals surface area (Å²) in [5.41, 5.74) is 4.62. The minimum absolute atomic E-state index is 1.12. The van der Waals surface area contributed by atoms with Gasteiger partial charge in [0.05, 0.1) is 0 Å². The third-order valence-electron chi connectivity index (χ3n) is 2.59. The molecule has 0 spiro atoms. The molecular formula is C11H15N. The highest BCUT2D eigenvalue weighted by Gasteiger charge is 2.20. The first kappa shape index (κ1) is 7.66. The Morgan fingerprint density at radius 2 is 2.50 bits per heavy atom. The average molecular weight is 161 g/mol. The maximum atomic E-state index is 3.43. The van der Waals surface area contributed by atoms with E-state index in [2.05, 4.69) is 30.5 Å². The summed E-state index contributed by atoms with van der Waals surface area (Å²) in [5.74, 6) is 0. The quantitative estimate of drug-likeness (QED) is 0.614. The molecule has 12 heavy (non-hydrogen) atoms. The first-order valence-corrected chi connectivity index (χ1v) is 4.68. The van der Waals surface area contributed by atoms with Crippen LogP contribution in [0.1, 0.15) is 26.2 Å². The summed E-state index contributed by atoms with van der Waals surface area (Å²) in [6, 6.07) is 0. The summed E-state index contributed by atoms with van der Waals surface area (Å²) >= 11 is 0. The van der Waals surface area contributed by atoms with Gasteiger partial charge in [-0.15, -0.1) is 0 Å². The first-order chi connectivity index (χ1) is 5.92. The van der Waals surface area contributed by atoms with Crippen molar-refractivity contribution in [2.45, 2.75) is 26.2 Å². The van der Waals surface area contributed by atoms with E-state index in [-0.39, 0.29) is 0 Å². The van der Waals surface area contributed by atoms with E-state index < -0.39 is 0 Å². The van der Waals surface area contributed by atoms with E-state index >= 15 is 0 Å². The largest absolute Gasteiger partial charge is 0.388 e. The van der Waals surface area contributed by atoms with Gasteiger partial charge in [-0.1, -0.05) is 18.2 Å². The van der Waals surface area contributed by atoms with E-state index in [1.165, 1.54) is 12.1 Å². The zero-order valence-electron chi connectivity index (χ0n) is 7.56. The van der Waals surface area contributed by atoms with Crippen LogP contribution in [0.5, 0.6) is 0 Å². The van der Waals surface area contributed by atoms with Gasteiger partial charge in [0.25, 0.3) is 0 Å². The first-order valence-electron chi connectivity index (χ1n) is 4.68. The molecule has 1 heteroatoms. The molecule has 0 saturated heterocycles. The van der Waals surface area contributed by atoms with Crippen LogP contribution < -0.4 is 5.32 Å². The topological polar surface area (TPSA) is 12.0 Å². The van der Waals surface area contributed by atoms with Crippen molar-refractivity contribution in [3.8, 4) is 0 Å². The van der Waals surface area contributed by atoms with Gasteiger partial charge in [-0.25, -0.2) is 0 Å². The van der Waals surface area contributed by atoms with Crippen LogP contribution in [0.25, 0.3) is 0 Å². The van der Waals surface area contributed by atoms with Crippen molar-refractivity contribution in [2.75, 3.05) is 6.54 Å². The predicted molar refractivity (Wildman–Crippen MR) is 51.8 cm³/mol. The Bertz CT molecular complexity index is 269. The molecule has 0 radical (unpaired) electrons. The second kappa shape index (κ2) is 3.18. The summed E-state index contributed by atoms with van der Waals surface area (Å²) in [5, 5.41) is 3.43. The zero-order valence-corrected chi connectivity index (χ0v) is 7.56.